The Bertz CT molecular complexity index is 1070. The van der Waals surface area contributed by atoms with Gasteiger partial charge in [0, 0.05) is 24.3 Å². The second kappa shape index (κ2) is 8.01. The lowest BCUT2D eigenvalue weighted by Crippen LogP contribution is -2.12. The van der Waals surface area contributed by atoms with Gasteiger partial charge in [-0.1, -0.05) is 23.5 Å². The standard InChI is InChI=1S/C19H16FN5OS2/c20-12-3-6-14(23-10-12)11-1-4-13(5-2-11)24-17(26)15-9-16-18(27-15)25-19(28-16)22-8-7-21/h1-6,9-10H,7-8,21H2,(H,22,25)(H,24,26). The summed E-state index contributed by atoms with van der Waals surface area (Å²) in [5.41, 5.74) is 7.66. The van der Waals surface area contributed by atoms with Gasteiger partial charge in [-0.15, -0.1) is 11.3 Å². The number of carbonyl (C=O) groups is 1. The number of anilines is 2. The first kappa shape index (κ1) is 18.5. The molecule has 0 spiro atoms. The van der Waals surface area contributed by atoms with Gasteiger partial charge in [0.25, 0.3) is 5.91 Å². The van der Waals surface area contributed by atoms with Crippen LogP contribution in [0.4, 0.5) is 15.2 Å². The Labute approximate surface area is 168 Å². The van der Waals surface area contributed by atoms with E-state index in [0.29, 0.717) is 29.3 Å². The molecule has 0 aliphatic carbocycles. The predicted molar refractivity (Wildman–Crippen MR) is 113 cm³/mol. The van der Waals surface area contributed by atoms with Crippen molar-refractivity contribution in [1.29, 1.82) is 0 Å². The van der Waals surface area contributed by atoms with E-state index >= 15 is 0 Å². The maximum Gasteiger partial charge on any atom is 0.265 e. The molecule has 142 valence electrons. The van der Waals surface area contributed by atoms with E-state index in [1.54, 1.807) is 18.2 Å². The highest BCUT2D eigenvalue weighted by Crippen LogP contribution is 2.33. The molecule has 0 aliphatic heterocycles. The highest BCUT2D eigenvalue weighted by Gasteiger charge is 2.14. The highest BCUT2D eigenvalue weighted by molar-refractivity contribution is 7.29. The summed E-state index contributed by atoms with van der Waals surface area (Å²) in [7, 11) is 0. The van der Waals surface area contributed by atoms with E-state index in [2.05, 4.69) is 20.6 Å². The van der Waals surface area contributed by atoms with Crippen molar-refractivity contribution in [3.8, 4) is 11.3 Å². The number of amides is 1. The summed E-state index contributed by atoms with van der Waals surface area (Å²) in [6, 6.07) is 12.1. The topological polar surface area (TPSA) is 92.9 Å². The van der Waals surface area contributed by atoms with Gasteiger partial charge in [0.1, 0.15) is 10.6 Å². The maximum atomic E-state index is 13.0. The predicted octanol–water partition coefficient (Wildman–Crippen LogP) is 4.18. The average molecular weight is 414 g/mol. The second-order valence-corrected chi connectivity index (χ2v) is 7.97. The van der Waals surface area contributed by atoms with Crippen molar-refractivity contribution in [1.82, 2.24) is 9.97 Å². The van der Waals surface area contributed by atoms with E-state index in [0.717, 1.165) is 20.2 Å². The molecular weight excluding hydrogens is 397 g/mol. The number of hydrogen-bond acceptors (Lipinski definition) is 7. The van der Waals surface area contributed by atoms with Gasteiger partial charge in [0.05, 0.1) is 21.5 Å². The van der Waals surface area contributed by atoms with Gasteiger partial charge < -0.3 is 16.4 Å². The molecular formula is C19H16FN5OS2. The van der Waals surface area contributed by atoms with E-state index in [-0.39, 0.29) is 11.7 Å². The van der Waals surface area contributed by atoms with Crippen LogP contribution in [0.5, 0.6) is 0 Å². The third-order valence-corrected chi connectivity index (χ3v) is 6.02. The summed E-state index contributed by atoms with van der Waals surface area (Å²) in [5, 5.41) is 6.83. The Kier molecular flexibility index (Phi) is 5.29. The average Bonchev–Trinajstić information content (AvgIpc) is 3.26. The minimum Gasteiger partial charge on any atom is -0.360 e. The van der Waals surface area contributed by atoms with Crippen LogP contribution in [-0.2, 0) is 0 Å². The molecule has 4 rings (SSSR count). The van der Waals surface area contributed by atoms with Crippen LogP contribution in [0.25, 0.3) is 20.8 Å². The van der Waals surface area contributed by atoms with Crippen molar-refractivity contribution in [2.45, 2.75) is 0 Å². The van der Waals surface area contributed by atoms with Gasteiger partial charge in [0.15, 0.2) is 5.13 Å². The molecule has 0 saturated carbocycles. The number of pyridine rings is 1. The molecule has 4 N–H and O–H groups in total. The summed E-state index contributed by atoms with van der Waals surface area (Å²) in [6.45, 7) is 1.20. The van der Waals surface area contributed by atoms with Gasteiger partial charge >= 0.3 is 0 Å². The Morgan fingerprint density at radius 1 is 1.14 bits per heavy atom. The lowest BCUT2D eigenvalue weighted by Gasteiger charge is -2.05. The molecule has 4 aromatic rings. The number of fused-ring (bicyclic) bond motifs is 1. The molecule has 28 heavy (non-hydrogen) atoms. The summed E-state index contributed by atoms with van der Waals surface area (Å²) in [5.74, 6) is -0.556. The minimum atomic E-state index is -0.375. The Morgan fingerprint density at radius 3 is 2.64 bits per heavy atom. The van der Waals surface area contributed by atoms with E-state index in [1.165, 1.54) is 34.9 Å². The lowest BCUT2D eigenvalue weighted by atomic mass is 10.1. The van der Waals surface area contributed by atoms with Crippen molar-refractivity contribution < 1.29 is 9.18 Å². The van der Waals surface area contributed by atoms with Crippen LogP contribution in [0.1, 0.15) is 9.67 Å². The largest absolute Gasteiger partial charge is 0.360 e. The van der Waals surface area contributed by atoms with Crippen LogP contribution in [-0.4, -0.2) is 29.0 Å². The van der Waals surface area contributed by atoms with E-state index in [4.69, 9.17) is 5.73 Å². The van der Waals surface area contributed by atoms with Crippen molar-refractivity contribution in [2.24, 2.45) is 5.73 Å². The fraction of sp³-hybridized carbons (Fsp3) is 0.105. The monoisotopic (exact) mass is 413 g/mol. The Balaban J connectivity index is 1.45. The molecule has 6 nitrogen and oxygen atoms in total. The number of nitrogens with two attached hydrogens (primary N) is 1. The SMILES string of the molecule is NCCNc1nc2sc(C(=O)Nc3ccc(-c4ccc(F)cn4)cc3)cc2s1. The zero-order chi connectivity index (χ0) is 19.5. The molecule has 1 aromatic carbocycles. The smallest absolute Gasteiger partial charge is 0.265 e. The molecule has 0 bridgehead atoms. The number of benzene rings is 1. The van der Waals surface area contributed by atoms with E-state index < -0.39 is 0 Å². The lowest BCUT2D eigenvalue weighted by molar-refractivity contribution is 0.103. The first-order chi connectivity index (χ1) is 13.6. The van der Waals surface area contributed by atoms with Gasteiger partial charge in [-0.05, 0) is 30.3 Å². The molecule has 0 radical (unpaired) electrons. The van der Waals surface area contributed by atoms with E-state index in [9.17, 15) is 9.18 Å². The van der Waals surface area contributed by atoms with Crippen LogP contribution in [0, 0.1) is 5.82 Å². The van der Waals surface area contributed by atoms with Crippen molar-refractivity contribution in [3.05, 3.63) is 59.4 Å². The van der Waals surface area contributed by atoms with Gasteiger partial charge in [-0.2, -0.15) is 0 Å². The number of carbonyl (C=O) groups excluding carboxylic acids is 1. The van der Waals surface area contributed by atoms with Crippen molar-refractivity contribution in [2.75, 3.05) is 23.7 Å². The molecule has 9 heteroatoms. The number of aromatic nitrogens is 2. The number of nitrogens with zero attached hydrogens (tertiary/aromatic N) is 2. The molecule has 0 unspecified atom stereocenters. The number of halogens is 1. The molecule has 3 heterocycles. The van der Waals surface area contributed by atoms with Crippen LogP contribution >= 0.6 is 22.7 Å². The highest BCUT2D eigenvalue weighted by atomic mass is 32.1. The van der Waals surface area contributed by atoms with Crippen molar-refractivity contribution in [3.63, 3.8) is 0 Å². The first-order valence-corrected chi connectivity index (χ1v) is 10.1. The third-order valence-electron chi connectivity index (χ3n) is 3.90. The van der Waals surface area contributed by atoms with Crippen LogP contribution < -0.4 is 16.4 Å². The summed E-state index contributed by atoms with van der Waals surface area (Å²) < 4.78 is 13.9. The Morgan fingerprint density at radius 2 is 1.96 bits per heavy atom. The Hall–Kier alpha value is -2.88. The van der Waals surface area contributed by atoms with Crippen LogP contribution in [0.3, 0.4) is 0 Å². The van der Waals surface area contributed by atoms with Crippen LogP contribution in [0.15, 0.2) is 48.7 Å². The quantitative estimate of drug-likeness (QED) is 0.441. The number of thiazole rings is 1. The molecule has 0 saturated heterocycles. The van der Waals surface area contributed by atoms with Gasteiger partial charge in [-0.3, -0.25) is 9.78 Å². The van der Waals surface area contributed by atoms with E-state index in [1.807, 2.05) is 18.2 Å². The molecule has 1 amide bonds. The summed E-state index contributed by atoms with van der Waals surface area (Å²) in [4.78, 5) is 22.5. The first-order valence-electron chi connectivity index (χ1n) is 8.50. The minimum absolute atomic E-state index is 0.181. The molecule has 0 aliphatic rings. The number of thiophene rings is 1. The fourth-order valence-corrected chi connectivity index (χ4v) is 4.60. The van der Waals surface area contributed by atoms with Gasteiger partial charge in [0.2, 0.25) is 0 Å². The van der Waals surface area contributed by atoms with Gasteiger partial charge in [-0.25, -0.2) is 9.37 Å². The molecule has 0 fully saturated rings. The number of rotatable bonds is 6. The summed E-state index contributed by atoms with van der Waals surface area (Å²) in [6.07, 6.45) is 1.18. The fourth-order valence-electron chi connectivity index (χ4n) is 2.57. The zero-order valence-electron chi connectivity index (χ0n) is 14.6. The zero-order valence-corrected chi connectivity index (χ0v) is 16.2. The second-order valence-electron chi connectivity index (χ2n) is 5.91. The number of hydrogen-bond donors (Lipinski definition) is 3. The molecule has 3 aromatic heterocycles. The van der Waals surface area contributed by atoms with Crippen LogP contribution in [0.2, 0.25) is 0 Å². The summed E-state index contributed by atoms with van der Waals surface area (Å²) >= 11 is 2.85. The van der Waals surface area contributed by atoms with Crippen molar-refractivity contribution >= 4 is 48.9 Å². The third kappa shape index (κ3) is 4.01. The maximum absolute atomic E-state index is 13.0. The number of nitrogens with one attached hydrogen (secondary N) is 2. The molecule has 0 atom stereocenters. The normalized spacial score (nSPS) is 10.9.